The molecule has 3 aromatic rings. The molecule has 0 aliphatic carbocycles. The first kappa shape index (κ1) is 21.6. The Morgan fingerprint density at radius 1 is 1.26 bits per heavy atom. The van der Waals surface area contributed by atoms with E-state index in [-0.39, 0.29) is 16.3 Å². The quantitative estimate of drug-likeness (QED) is 0.605. The summed E-state index contributed by atoms with van der Waals surface area (Å²) in [7, 11) is 0. The van der Waals surface area contributed by atoms with E-state index in [0.717, 1.165) is 44.6 Å². The number of pyridine rings is 1. The van der Waals surface area contributed by atoms with Crippen LogP contribution >= 0.6 is 11.6 Å². The lowest BCUT2D eigenvalue weighted by molar-refractivity contribution is -0.137. The van der Waals surface area contributed by atoms with Gasteiger partial charge in [0.1, 0.15) is 0 Å². The molecule has 0 bridgehead atoms. The van der Waals surface area contributed by atoms with Crippen LogP contribution in [0.3, 0.4) is 0 Å². The molecule has 1 amide bonds. The van der Waals surface area contributed by atoms with E-state index >= 15 is 0 Å². The zero-order valence-electron chi connectivity index (χ0n) is 16.8. The van der Waals surface area contributed by atoms with Gasteiger partial charge in [-0.3, -0.25) is 4.79 Å². The molecule has 1 aromatic carbocycles. The average molecular weight is 452 g/mol. The van der Waals surface area contributed by atoms with Gasteiger partial charge in [-0.15, -0.1) is 0 Å². The highest BCUT2D eigenvalue weighted by Gasteiger charge is 2.30. The summed E-state index contributed by atoms with van der Waals surface area (Å²) in [6.07, 6.45) is -0.944. The molecule has 6 nitrogen and oxygen atoms in total. The summed E-state index contributed by atoms with van der Waals surface area (Å²) in [5, 5.41) is 11.3. The Balaban J connectivity index is 1.57. The van der Waals surface area contributed by atoms with Gasteiger partial charge in [-0.2, -0.15) is 18.3 Å². The molecule has 0 atom stereocenters. The average Bonchev–Trinajstić information content (AvgIpc) is 3.04. The zero-order valence-corrected chi connectivity index (χ0v) is 17.5. The molecule has 4 rings (SSSR count). The number of aromatic nitrogens is 3. The number of halogens is 4. The summed E-state index contributed by atoms with van der Waals surface area (Å²) in [4.78, 5) is 17.1. The minimum absolute atomic E-state index is 0.138. The molecule has 0 unspecified atom stereocenters. The largest absolute Gasteiger partial charge is 0.416 e. The Morgan fingerprint density at radius 3 is 2.58 bits per heavy atom. The predicted octanol–water partition coefficient (Wildman–Crippen LogP) is 4.66. The maximum atomic E-state index is 12.7. The van der Waals surface area contributed by atoms with Crippen molar-refractivity contribution < 1.29 is 18.0 Å². The number of anilines is 1. The molecule has 0 saturated carbocycles. The molecule has 164 valence electrons. The molecule has 0 spiro atoms. The fourth-order valence-electron chi connectivity index (χ4n) is 3.81. The van der Waals surface area contributed by atoms with E-state index in [2.05, 4.69) is 20.7 Å². The Labute approximate surface area is 181 Å². The van der Waals surface area contributed by atoms with Crippen LogP contribution in [0.25, 0.3) is 11.0 Å². The number of rotatable bonds is 4. The Morgan fingerprint density at radius 2 is 1.94 bits per heavy atom. The van der Waals surface area contributed by atoms with E-state index in [1.807, 2.05) is 11.6 Å². The van der Waals surface area contributed by atoms with Crippen molar-refractivity contribution in [1.29, 1.82) is 0 Å². The van der Waals surface area contributed by atoms with E-state index in [9.17, 15) is 18.0 Å². The summed E-state index contributed by atoms with van der Waals surface area (Å²) in [5.74, 6) is -0.0587. The molecule has 2 aromatic heterocycles. The molecule has 1 aliphatic heterocycles. The summed E-state index contributed by atoms with van der Waals surface area (Å²) in [5.41, 5.74) is 0.868. The number of nitrogens with one attached hydrogen (secondary N) is 2. The highest BCUT2D eigenvalue weighted by molar-refractivity contribution is 6.39. The van der Waals surface area contributed by atoms with Crippen molar-refractivity contribution in [3.05, 3.63) is 52.3 Å². The van der Waals surface area contributed by atoms with Crippen LogP contribution in [0.5, 0.6) is 0 Å². The van der Waals surface area contributed by atoms with Crippen LogP contribution in [0.2, 0.25) is 5.02 Å². The van der Waals surface area contributed by atoms with Gasteiger partial charge in [-0.05, 0) is 63.0 Å². The zero-order chi connectivity index (χ0) is 22.2. The first-order chi connectivity index (χ1) is 14.7. The summed E-state index contributed by atoms with van der Waals surface area (Å²) in [6.45, 7) is 4.50. The third-order valence-corrected chi connectivity index (χ3v) is 5.87. The third-order valence-electron chi connectivity index (χ3n) is 5.48. The lowest BCUT2D eigenvalue weighted by Gasteiger charge is -2.22. The molecule has 2 N–H and O–H groups in total. The maximum absolute atomic E-state index is 12.7. The van der Waals surface area contributed by atoms with Gasteiger partial charge in [0, 0.05) is 18.4 Å². The Hall–Kier alpha value is -2.65. The maximum Gasteiger partial charge on any atom is 0.416 e. The fraction of sp³-hybridized carbons (Fsp3) is 0.381. The van der Waals surface area contributed by atoms with E-state index in [1.54, 1.807) is 0 Å². The first-order valence-corrected chi connectivity index (χ1v) is 10.3. The lowest BCUT2D eigenvalue weighted by Crippen LogP contribution is -2.30. The van der Waals surface area contributed by atoms with Crippen LogP contribution < -0.4 is 10.6 Å². The molecule has 10 heteroatoms. The van der Waals surface area contributed by atoms with Crippen LogP contribution in [0, 0.1) is 12.8 Å². The molecular formula is C21H21ClF3N5O. The Kier molecular flexibility index (Phi) is 5.90. The number of aryl methyl sites for hydroxylation is 1. The van der Waals surface area contributed by atoms with Crippen LogP contribution in [0.15, 0.2) is 30.5 Å². The van der Waals surface area contributed by atoms with Crippen LogP contribution in [-0.4, -0.2) is 33.8 Å². The predicted molar refractivity (Wildman–Crippen MR) is 112 cm³/mol. The van der Waals surface area contributed by atoms with E-state index in [0.29, 0.717) is 22.6 Å². The van der Waals surface area contributed by atoms with E-state index in [1.165, 1.54) is 18.3 Å². The van der Waals surface area contributed by atoms with Crippen LogP contribution in [0.4, 0.5) is 18.9 Å². The number of hydrogen-bond donors (Lipinski definition) is 2. The molecule has 3 heterocycles. The molecule has 0 radical (unpaired) electrons. The van der Waals surface area contributed by atoms with Gasteiger partial charge in [0.05, 0.1) is 27.2 Å². The second-order valence-corrected chi connectivity index (χ2v) is 8.05. The van der Waals surface area contributed by atoms with Crippen molar-refractivity contribution in [2.24, 2.45) is 5.92 Å². The summed E-state index contributed by atoms with van der Waals surface area (Å²) >= 11 is 6.54. The second kappa shape index (κ2) is 8.47. The van der Waals surface area contributed by atoms with Gasteiger partial charge in [0.25, 0.3) is 5.91 Å². The minimum atomic E-state index is -4.44. The van der Waals surface area contributed by atoms with Crippen molar-refractivity contribution in [3.63, 3.8) is 0 Å². The molecule has 1 saturated heterocycles. The molecular weight excluding hydrogens is 431 g/mol. The number of piperidine rings is 1. The third kappa shape index (κ3) is 4.52. The second-order valence-electron chi connectivity index (χ2n) is 7.67. The number of amides is 1. The van der Waals surface area contributed by atoms with Crippen molar-refractivity contribution >= 4 is 34.2 Å². The lowest BCUT2D eigenvalue weighted by atomic mass is 9.98. The van der Waals surface area contributed by atoms with E-state index < -0.39 is 17.6 Å². The number of alkyl halides is 3. The number of nitrogens with zero attached hydrogens (tertiary/aromatic N) is 3. The Bertz CT molecular complexity index is 1100. The van der Waals surface area contributed by atoms with Crippen molar-refractivity contribution in [2.45, 2.75) is 32.5 Å². The number of hydrogen-bond acceptors (Lipinski definition) is 4. The smallest absolute Gasteiger partial charge is 0.322 e. The first-order valence-electron chi connectivity index (χ1n) is 9.95. The van der Waals surface area contributed by atoms with Gasteiger partial charge < -0.3 is 10.6 Å². The van der Waals surface area contributed by atoms with Crippen LogP contribution in [-0.2, 0) is 12.7 Å². The number of benzene rings is 1. The standard InChI is InChI=1S/C21H21ClF3N5O/c1-12-17-18(22)16(20(31)28-15-4-2-14(3-5-15)21(23,24)25)10-27-19(17)30(29-12)11-13-6-8-26-9-7-13/h2-5,10,13,26H,6-9,11H2,1H3,(H,28,31). The molecule has 31 heavy (non-hydrogen) atoms. The highest BCUT2D eigenvalue weighted by atomic mass is 35.5. The van der Waals surface area contributed by atoms with Crippen molar-refractivity contribution in [1.82, 2.24) is 20.1 Å². The number of carbonyl (C=O) groups is 1. The topological polar surface area (TPSA) is 71.8 Å². The normalized spacial score (nSPS) is 15.4. The fourth-order valence-corrected chi connectivity index (χ4v) is 4.17. The van der Waals surface area contributed by atoms with Gasteiger partial charge in [-0.1, -0.05) is 11.6 Å². The van der Waals surface area contributed by atoms with Gasteiger partial charge in [0.2, 0.25) is 0 Å². The summed E-state index contributed by atoms with van der Waals surface area (Å²) in [6, 6.07) is 4.22. The van der Waals surface area contributed by atoms with Crippen LogP contribution in [0.1, 0.15) is 34.5 Å². The number of carbonyl (C=O) groups excluding carboxylic acids is 1. The monoisotopic (exact) mass is 451 g/mol. The number of fused-ring (bicyclic) bond motifs is 1. The van der Waals surface area contributed by atoms with Gasteiger partial charge in [0.15, 0.2) is 5.65 Å². The SMILES string of the molecule is Cc1nn(CC2CCNCC2)c2ncc(C(=O)Nc3ccc(C(F)(F)F)cc3)c(Cl)c12. The highest BCUT2D eigenvalue weighted by Crippen LogP contribution is 2.31. The van der Waals surface area contributed by atoms with E-state index in [4.69, 9.17) is 11.6 Å². The van der Waals surface area contributed by atoms with Gasteiger partial charge in [-0.25, -0.2) is 9.67 Å². The summed E-state index contributed by atoms with van der Waals surface area (Å²) < 4.78 is 40.0. The minimum Gasteiger partial charge on any atom is -0.322 e. The van der Waals surface area contributed by atoms with Crippen molar-refractivity contribution in [2.75, 3.05) is 18.4 Å². The van der Waals surface area contributed by atoms with Crippen molar-refractivity contribution in [3.8, 4) is 0 Å². The van der Waals surface area contributed by atoms with Gasteiger partial charge >= 0.3 is 6.18 Å². The molecule has 1 aliphatic rings. The molecule has 1 fully saturated rings.